The van der Waals surface area contributed by atoms with E-state index < -0.39 is 0 Å². The van der Waals surface area contributed by atoms with Gasteiger partial charge in [-0.3, -0.25) is 14.5 Å². The number of hydrogen-bond donors (Lipinski definition) is 2. The Morgan fingerprint density at radius 1 is 0.979 bits per heavy atom. The van der Waals surface area contributed by atoms with Crippen LogP contribution in [0.1, 0.15) is 42.1 Å². The molecule has 1 aliphatic heterocycles. The summed E-state index contributed by atoms with van der Waals surface area (Å²) in [5, 5.41) is 5.96. The molecule has 4 aromatic rings. The average Bonchev–Trinajstić information content (AvgIpc) is 3.75. The van der Waals surface area contributed by atoms with Crippen LogP contribution in [0.15, 0.2) is 60.7 Å². The molecule has 1 aliphatic carbocycles. The lowest BCUT2D eigenvalue weighted by Gasteiger charge is -2.36. The number of methoxy groups -OCH3 is 2. The molecule has 11 heteroatoms. The molecule has 2 fully saturated rings. The Labute approximate surface area is 289 Å². The molecule has 0 radical (unpaired) electrons. The van der Waals surface area contributed by atoms with Crippen LogP contribution in [0.3, 0.4) is 0 Å². The van der Waals surface area contributed by atoms with Crippen LogP contribution in [-0.2, 0) is 4.79 Å². The molecule has 47 heavy (non-hydrogen) atoms. The van der Waals surface area contributed by atoms with E-state index in [1.54, 1.807) is 21.3 Å². The monoisotopic (exact) mass is 750 g/mol. The van der Waals surface area contributed by atoms with Crippen molar-refractivity contribution >= 4 is 51.1 Å². The summed E-state index contributed by atoms with van der Waals surface area (Å²) in [5.41, 5.74) is 4.46. The molecule has 3 aromatic carbocycles. The van der Waals surface area contributed by atoms with Crippen molar-refractivity contribution < 1.29 is 19.1 Å². The molecule has 248 valence electrons. The largest absolute Gasteiger partial charge is 0.493 e. The first-order valence-corrected chi connectivity index (χ1v) is 17.4. The van der Waals surface area contributed by atoms with Gasteiger partial charge in [0.15, 0.2) is 11.5 Å². The Morgan fingerprint density at radius 2 is 1.77 bits per heavy atom. The highest BCUT2D eigenvalue weighted by atomic mass is 127. The van der Waals surface area contributed by atoms with Crippen LogP contribution < -0.4 is 25.0 Å². The summed E-state index contributed by atoms with van der Waals surface area (Å²) in [5.74, 6) is 2.00. The first-order chi connectivity index (χ1) is 22.9. The average molecular weight is 751 g/mol. The van der Waals surface area contributed by atoms with Gasteiger partial charge in [-0.2, -0.15) is 0 Å². The van der Waals surface area contributed by atoms with Crippen LogP contribution in [-0.4, -0.2) is 86.8 Å². The molecule has 1 saturated heterocycles. The zero-order chi connectivity index (χ0) is 32.9. The number of nitrogens with one attached hydrogen (secondary N) is 2. The lowest BCUT2D eigenvalue weighted by molar-refractivity contribution is -0.124. The van der Waals surface area contributed by atoms with Gasteiger partial charge in [-0.05, 0) is 97.3 Å². The van der Waals surface area contributed by atoms with E-state index in [1.165, 1.54) is 5.69 Å². The SMILES string of the molecule is CNC(=O)[C@H]1CC[C@H](n2c(-c3cc(I)c(OC)c(OC)c3)nc3ccc(C(=O)NCCCN4CCN(c5ccccc5)CC4)cc32)C1. The number of hydrogen-bond acceptors (Lipinski definition) is 7. The summed E-state index contributed by atoms with van der Waals surface area (Å²) in [6.07, 6.45) is 3.24. The number of halogens is 1. The smallest absolute Gasteiger partial charge is 0.251 e. The van der Waals surface area contributed by atoms with Gasteiger partial charge >= 0.3 is 0 Å². The third-order valence-electron chi connectivity index (χ3n) is 9.46. The standard InChI is InChI=1S/C36H43IN6O4/c1-38-35(44)24-10-12-28(20-24)43-31-22-25(11-13-30(31)40-34(43)26-21-29(37)33(47-3)32(23-26)46-2)36(45)39-14-7-15-41-16-18-42(19-17-41)27-8-5-4-6-9-27/h4-6,8-9,11,13,21-24,28H,7,10,12,14-20H2,1-3H3,(H,38,44)(H,39,45)/t24-,28-/m0/s1. The highest BCUT2D eigenvalue weighted by Gasteiger charge is 2.33. The van der Waals surface area contributed by atoms with Gasteiger partial charge in [-0.25, -0.2) is 4.98 Å². The number of carbonyl (C=O) groups excluding carboxylic acids is 2. The number of amides is 2. The van der Waals surface area contributed by atoms with E-state index >= 15 is 0 Å². The van der Waals surface area contributed by atoms with Crippen molar-refractivity contribution in [1.82, 2.24) is 25.1 Å². The molecule has 0 bridgehead atoms. The lowest BCUT2D eigenvalue weighted by Crippen LogP contribution is -2.47. The highest BCUT2D eigenvalue weighted by Crippen LogP contribution is 2.42. The topological polar surface area (TPSA) is 101 Å². The summed E-state index contributed by atoms with van der Waals surface area (Å²) in [6.45, 7) is 5.63. The summed E-state index contributed by atoms with van der Waals surface area (Å²) in [7, 11) is 4.95. The van der Waals surface area contributed by atoms with E-state index in [-0.39, 0.29) is 23.8 Å². The number of ether oxygens (including phenoxy) is 2. The van der Waals surface area contributed by atoms with E-state index in [1.807, 2.05) is 30.3 Å². The Bertz CT molecular complexity index is 1720. The lowest BCUT2D eigenvalue weighted by atomic mass is 10.1. The van der Waals surface area contributed by atoms with Gasteiger partial charge in [0, 0.05) is 68.5 Å². The second-order valence-corrected chi connectivity index (χ2v) is 13.4. The Balaban J connectivity index is 1.17. The van der Waals surface area contributed by atoms with Gasteiger partial charge in [0.1, 0.15) is 5.82 Å². The van der Waals surface area contributed by atoms with Crippen molar-refractivity contribution in [3.05, 3.63) is 69.8 Å². The number of piperazine rings is 1. The van der Waals surface area contributed by atoms with Gasteiger partial charge in [-0.15, -0.1) is 0 Å². The zero-order valence-corrected chi connectivity index (χ0v) is 29.5. The third-order valence-corrected chi connectivity index (χ3v) is 10.3. The van der Waals surface area contributed by atoms with E-state index in [4.69, 9.17) is 14.5 Å². The fraction of sp³-hybridized carbons (Fsp3) is 0.417. The molecule has 1 saturated carbocycles. The van der Waals surface area contributed by atoms with Crippen LogP contribution in [0.2, 0.25) is 0 Å². The normalized spacial score (nSPS) is 18.3. The van der Waals surface area contributed by atoms with Crippen molar-refractivity contribution in [2.45, 2.75) is 31.7 Å². The fourth-order valence-electron chi connectivity index (χ4n) is 6.96. The Hall–Kier alpha value is -3.84. The van der Waals surface area contributed by atoms with Crippen molar-refractivity contribution in [1.29, 1.82) is 0 Å². The molecule has 0 spiro atoms. The maximum atomic E-state index is 13.4. The number of anilines is 1. The number of nitrogens with zero attached hydrogens (tertiary/aromatic N) is 4. The van der Waals surface area contributed by atoms with Gasteiger partial charge in [0.05, 0.1) is 28.8 Å². The molecule has 2 atom stereocenters. The van der Waals surface area contributed by atoms with Crippen LogP contribution in [0, 0.1) is 9.49 Å². The van der Waals surface area contributed by atoms with Crippen molar-refractivity contribution in [3.63, 3.8) is 0 Å². The summed E-state index contributed by atoms with van der Waals surface area (Å²) in [4.78, 5) is 35.9. The molecule has 0 unspecified atom stereocenters. The van der Waals surface area contributed by atoms with Crippen molar-refractivity contribution in [2.75, 3.05) is 65.4 Å². The summed E-state index contributed by atoms with van der Waals surface area (Å²) < 4.78 is 14.4. The third kappa shape index (κ3) is 7.20. The van der Waals surface area contributed by atoms with Crippen LogP contribution in [0.4, 0.5) is 5.69 Å². The van der Waals surface area contributed by atoms with Gasteiger partial charge in [0.25, 0.3) is 5.91 Å². The molecular weight excluding hydrogens is 707 g/mol. The first-order valence-electron chi connectivity index (χ1n) is 16.4. The second-order valence-electron chi connectivity index (χ2n) is 12.3. The van der Waals surface area contributed by atoms with Crippen LogP contribution in [0.25, 0.3) is 22.4 Å². The minimum absolute atomic E-state index is 0.0590. The van der Waals surface area contributed by atoms with Crippen molar-refractivity contribution in [2.24, 2.45) is 5.92 Å². The molecule has 2 N–H and O–H groups in total. The number of rotatable bonds is 11. The van der Waals surface area contributed by atoms with Gasteiger partial charge in [-0.1, -0.05) is 18.2 Å². The molecule has 2 aliphatic rings. The second kappa shape index (κ2) is 14.9. The summed E-state index contributed by atoms with van der Waals surface area (Å²) >= 11 is 2.25. The molecule has 2 heterocycles. The number of benzene rings is 3. The molecular formula is C36H43IN6O4. The van der Waals surface area contributed by atoms with Crippen LogP contribution >= 0.6 is 22.6 Å². The van der Waals surface area contributed by atoms with E-state index in [2.05, 4.69) is 77.9 Å². The first kappa shape index (κ1) is 33.1. The van der Waals surface area contributed by atoms with E-state index in [9.17, 15) is 9.59 Å². The fourth-order valence-corrected chi connectivity index (χ4v) is 7.79. The molecule has 10 nitrogen and oxygen atoms in total. The van der Waals surface area contributed by atoms with Gasteiger partial charge in [0.2, 0.25) is 5.91 Å². The van der Waals surface area contributed by atoms with E-state index in [0.717, 1.165) is 78.0 Å². The van der Waals surface area contributed by atoms with E-state index in [0.29, 0.717) is 30.0 Å². The zero-order valence-electron chi connectivity index (χ0n) is 27.3. The number of fused-ring (bicyclic) bond motifs is 1. The Morgan fingerprint density at radius 3 is 2.49 bits per heavy atom. The maximum Gasteiger partial charge on any atom is 0.251 e. The minimum atomic E-state index is -0.0922. The predicted octanol–water partition coefficient (Wildman–Crippen LogP) is 5.35. The number of para-hydroxylation sites is 1. The molecule has 2 amide bonds. The molecule has 1 aromatic heterocycles. The highest BCUT2D eigenvalue weighted by molar-refractivity contribution is 14.1. The van der Waals surface area contributed by atoms with Gasteiger partial charge < -0.3 is 29.6 Å². The summed E-state index contributed by atoms with van der Waals surface area (Å²) in [6, 6.07) is 20.3. The molecule has 6 rings (SSSR count). The quantitative estimate of drug-likeness (QED) is 0.158. The number of imidazole rings is 1. The number of aromatic nitrogens is 2. The number of carbonyl (C=O) groups is 2. The Kier molecular flexibility index (Phi) is 10.5. The maximum absolute atomic E-state index is 13.4. The van der Waals surface area contributed by atoms with Crippen molar-refractivity contribution in [3.8, 4) is 22.9 Å². The minimum Gasteiger partial charge on any atom is -0.493 e. The predicted molar refractivity (Wildman–Crippen MR) is 193 cm³/mol. The van der Waals surface area contributed by atoms with Crippen LogP contribution in [0.5, 0.6) is 11.5 Å².